The molecule has 0 saturated carbocycles. The minimum absolute atomic E-state index is 0.240. The quantitative estimate of drug-likeness (QED) is 0.680. The van der Waals surface area contributed by atoms with Gasteiger partial charge in [0.1, 0.15) is 0 Å². The molecule has 0 aliphatic heterocycles. The average Bonchev–Trinajstić information content (AvgIpc) is 2.13. The van der Waals surface area contributed by atoms with Gasteiger partial charge in [0.2, 0.25) is 0 Å². The molecule has 0 aliphatic carbocycles. The molecule has 0 aromatic carbocycles. The first-order valence-electron chi connectivity index (χ1n) is 4.39. The van der Waals surface area contributed by atoms with Gasteiger partial charge in [-0.1, -0.05) is 22.9 Å². The maximum atomic E-state index is 11.2. The Hall–Kier alpha value is 0.390. The summed E-state index contributed by atoms with van der Waals surface area (Å²) in [6.07, 6.45) is 0. The summed E-state index contributed by atoms with van der Waals surface area (Å²) < 4.78 is 22.4. The van der Waals surface area contributed by atoms with Crippen LogP contribution in [0.2, 0.25) is 0 Å². The van der Waals surface area contributed by atoms with Crippen molar-refractivity contribution in [1.29, 1.82) is 0 Å². The van der Waals surface area contributed by atoms with Gasteiger partial charge in [0.15, 0.2) is 9.84 Å². The molecular formula is C8H18BrNO2S. The number of hydrogen-bond donors (Lipinski definition) is 0. The molecule has 80 valence electrons. The van der Waals surface area contributed by atoms with Crippen LogP contribution in [0.3, 0.4) is 0 Å². The fraction of sp³-hybridized carbons (Fsp3) is 1.00. The Balaban J connectivity index is 3.90. The van der Waals surface area contributed by atoms with E-state index in [1.807, 2.05) is 11.9 Å². The van der Waals surface area contributed by atoms with Crippen molar-refractivity contribution in [2.75, 3.05) is 30.4 Å². The molecular weight excluding hydrogens is 254 g/mol. The lowest BCUT2D eigenvalue weighted by molar-refractivity contribution is 0.295. The number of halogens is 1. The molecule has 0 aromatic heterocycles. The first-order valence-corrected chi connectivity index (χ1v) is 7.34. The van der Waals surface area contributed by atoms with Gasteiger partial charge in [-0.25, -0.2) is 8.42 Å². The highest BCUT2D eigenvalue weighted by atomic mass is 79.9. The van der Waals surface area contributed by atoms with Crippen molar-refractivity contribution >= 4 is 25.8 Å². The van der Waals surface area contributed by atoms with Crippen LogP contribution in [0, 0.1) is 0 Å². The Labute approximate surface area is 89.5 Å². The second kappa shape index (κ2) is 5.98. The predicted octanol–water partition coefficient (Wildman–Crippen LogP) is 1.14. The molecule has 1 unspecified atom stereocenters. The van der Waals surface area contributed by atoms with Crippen molar-refractivity contribution in [1.82, 2.24) is 4.90 Å². The second-order valence-electron chi connectivity index (χ2n) is 3.22. The summed E-state index contributed by atoms with van der Waals surface area (Å²) in [7, 11) is -0.872. The van der Waals surface area contributed by atoms with Gasteiger partial charge in [0, 0.05) is 23.7 Å². The molecule has 0 aromatic rings. The molecule has 0 radical (unpaired) electrons. The van der Waals surface area contributed by atoms with Crippen LogP contribution in [0.25, 0.3) is 0 Å². The fourth-order valence-electron chi connectivity index (χ4n) is 0.766. The van der Waals surface area contributed by atoms with Crippen molar-refractivity contribution in [3.8, 4) is 0 Å². The van der Waals surface area contributed by atoms with E-state index in [0.717, 1.165) is 5.33 Å². The first-order chi connectivity index (χ1) is 5.93. The summed E-state index contributed by atoms with van der Waals surface area (Å²) in [5.74, 6) is 0.501. The zero-order valence-corrected chi connectivity index (χ0v) is 10.9. The summed E-state index contributed by atoms with van der Waals surface area (Å²) in [6.45, 7) is 4.36. The normalized spacial score (nSPS) is 14.8. The van der Waals surface area contributed by atoms with Gasteiger partial charge < -0.3 is 4.90 Å². The topological polar surface area (TPSA) is 37.4 Å². The minimum Gasteiger partial charge on any atom is -0.302 e. The highest BCUT2D eigenvalue weighted by molar-refractivity contribution is 9.09. The van der Waals surface area contributed by atoms with Gasteiger partial charge in [0.05, 0.1) is 5.75 Å². The lowest BCUT2D eigenvalue weighted by Crippen LogP contribution is -2.34. The van der Waals surface area contributed by atoms with Crippen molar-refractivity contribution < 1.29 is 8.42 Å². The maximum Gasteiger partial charge on any atom is 0.151 e. The molecule has 0 amide bonds. The van der Waals surface area contributed by atoms with Crippen LogP contribution >= 0.6 is 15.9 Å². The molecule has 0 N–H and O–H groups in total. The minimum atomic E-state index is -2.81. The van der Waals surface area contributed by atoms with Gasteiger partial charge in [-0.15, -0.1) is 0 Å². The molecule has 3 nitrogen and oxygen atoms in total. The Morgan fingerprint density at radius 3 is 2.38 bits per heavy atom. The molecule has 13 heavy (non-hydrogen) atoms. The van der Waals surface area contributed by atoms with Crippen molar-refractivity contribution in [3.05, 3.63) is 0 Å². The van der Waals surface area contributed by atoms with Crippen LogP contribution in [-0.4, -0.2) is 49.8 Å². The summed E-state index contributed by atoms with van der Waals surface area (Å²) >= 11 is 3.36. The molecule has 0 fully saturated rings. The van der Waals surface area contributed by atoms with Crippen molar-refractivity contribution in [2.45, 2.75) is 19.9 Å². The summed E-state index contributed by atoms with van der Waals surface area (Å²) in [5.41, 5.74) is 0. The van der Waals surface area contributed by atoms with Gasteiger partial charge >= 0.3 is 0 Å². The van der Waals surface area contributed by atoms with Crippen LogP contribution in [0.15, 0.2) is 0 Å². The predicted molar refractivity (Wildman–Crippen MR) is 60.2 cm³/mol. The van der Waals surface area contributed by atoms with Gasteiger partial charge in [-0.3, -0.25) is 0 Å². The third-order valence-corrected chi connectivity index (χ3v) is 4.79. The van der Waals surface area contributed by atoms with E-state index in [1.54, 1.807) is 6.92 Å². The third-order valence-electron chi connectivity index (χ3n) is 2.17. The van der Waals surface area contributed by atoms with E-state index in [0.29, 0.717) is 12.6 Å². The van der Waals surface area contributed by atoms with Gasteiger partial charge in [-0.2, -0.15) is 0 Å². The van der Waals surface area contributed by atoms with E-state index < -0.39 is 9.84 Å². The Morgan fingerprint density at radius 2 is 2.00 bits per heavy atom. The largest absolute Gasteiger partial charge is 0.302 e. The SMILES string of the molecule is CCS(=O)(=O)CCN(C)C(C)CBr. The number of rotatable bonds is 6. The van der Waals surface area contributed by atoms with Crippen LogP contribution in [0.4, 0.5) is 0 Å². The molecule has 1 atom stereocenters. The molecule has 0 saturated heterocycles. The summed E-state index contributed by atoms with van der Waals surface area (Å²) in [4.78, 5) is 2.04. The number of sulfone groups is 1. The molecule has 0 spiro atoms. The van der Waals surface area contributed by atoms with E-state index in [4.69, 9.17) is 0 Å². The lowest BCUT2D eigenvalue weighted by atomic mass is 10.3. The number of alkyl halides is 1. The smallest absolute Gasteiger partial charge is 0.151 e. The zero-order valence-electron chi connectivity index (χ0n) is 8.46. The molecule has 0 aliphatic rings. The van der Waals surface area contributed by atoms with E-state index >= 15 is 0 Å². The summed E-state index contributed by atoms with van der Waals surface area (Å²) in [5, 5.41) is 0.871. The summed E-state index contributed by atoms with van der Waals surface area (Å²) in [6, 6.07) is 0.382. The van der Waals surface area contributed by atoms with Gasteiger partial charge in [0.25, 0.3) is 0 Å². The Bertz CT molecular complexity index is 228. The Kier molecular flexibility index (Phi) is 6.16. The number of nitrogens with zero attached hydrogens (tertiary/aromatic N) is 1. The Morgan fingerprint density at radius 1 is 1.46 bits per heavy atom. The van der Waals surface area contributed by atoms with Crippen molar-refractivity contribution in [2.24, 2.45) is 0 Å². The van der Waals surface area contributed by atoms with Crippen molar-refractivity contribution in [3.63, 3.8) is 0 Å². The first kappa shape index (κ1) is 13.4. The standard InChI is InChI=1S/C8H18BrNO2S/c1-4-13(11,12)6-5-10(3)8(2)7-9/h8H,4-7H2,1-3H3. The highest BCUT2D eigenvalue weighted by Crippen LogP contribution is 2.00. The van der Waals surface area contributed by atoms with Crippen LogP contribution in [-0.2, 0) is 9.84 Å². The maximum absolute atomic E-state index is 11.2. The monoisotopic (exact) mass is 271 g/mol. The fourth-order valence-corrected chi connectivity index (χ4v) is 2.11. The third kappa shape index (κ3) is 5.65. The molecule has 5 heteroatoms. The van der Waals surface area contributed by atoms with Gasteiger partial charge in [-0.05, 0) is 14.0 Å². The molecule has 0 rings (SSSR count). The van der Waals surface area contributed by atoms with Crippen LogP contribution < -0.4 is 0 Å². The lowest BCUT2D eigenvalue weighted by Gasteiger charge is -2.22. The average molecular weight is 272 g/mol. The molecule has 0 bridgehead atoms. The second-order valence-corrected chi connectivity index (χ2v) is 6.34. The molecule has 0 heterocycles. The van der Waals surface area contributed by atoms with Crippen LogP contribution in [0.5, 0.6) is 0 Å². The van der Waals surface area contributed by atoms with E-state index in [2.05, 4.69) is 22.9 Å². The van der Waals surface area contributed by atoms with E-state index in [-0.39, 0.29) is 11.5 Å². The highest BCUT2D eigenvalue weighted by Gasteiger charge is 2.12. The van der Waals surface area contributed by atoms with E-state index in [9.17, 15) is 8.42 Å². The zero-order chi connectivity index (χ0) is 10.5. The van der Waals surface area contributed by atoms with E-state index in [1.165, 1.54) is 0 Å². The van der Waals surface area contributed by atoms with Crippen LogP contribution in [0.1, 0.15) is 13.8 Å². The number of hydrogen-bond acceptors (Lipinski definition) is 3.